The van der Waals surface area contributed by atoms with Crippen LogP contribution in [-0.2, 0) is 11.8 Å². The highest BCUT2D eigenvalue weighted by molar-refractivity contribution is 7.18. The fourth-order valence-electron chi connectivity index (χ4n) is 4.71. The zero-order valence-electron chi connectivity index (χ0n) is 20.2. The highest BCUT2D eigenvalue weighted by Crippen LogP contribution is 2.42. The molecule has 1 fully saturated rings. The van der Waals surface area contributed by atoms with Gasteiger partial charge in [-0.2, -0.15) is 13.2 Å². The van der Waals surface area contributed by atoms with Gasteiger partial charge in [-0.05, 0) is 75.6 Å². The van der Waals surface area contributed by atoms with Crippen LogP contribution in [0.25, 0.3) is 10.2 Å². The van der Waals surface area contributed by atoms with Crippen molar-refractivity contribution in [3.8, 4) is 0 Å². The molecule has 2 aromatic heterocycles. The molecular weight excluding hydrogens is 475 g/mol. The van der Waals surface area contributed by atoms with Crippen molar-refractivity contribution < 1.29 is 23.1 Å². The number of alkyl halides is 3. The van der Waals surface area contributed by atoms with E-state index < -0.39 is 23.4 Å². The molecule has 1 aliphatic carbocycles. The van der Waals surface area contributed by atoms with Crippen molar-refractivity contribution >= 4 is 33.1 Å². The Morgan fingerprint density at radius 3 is 2.40 bits per heavy atom. The number of pyridine rings is 1. The second kappa shape index (κ2) is 9.50. The van der Waals surface area contributed by atoms with E-state index in [0.717, 1.165) is 46.1 Å². The van der Waals surface area contributed by atoms with Crippen LogP contribution in [0, 0.1) is 11.8 Å². The highest BCUT2D eigenvalue weighted by Gasteiger charge is 2.33. The Kier molecular flexibility index (Phi) is 6.94. The molecule has 0 bridgehead atoms. The van der Waals surface area contributed by atoms with E-state index in [9.17, 15) is 23.1 Å². The minimum Gasteiger partial charge on any atom is -0.386 e. The van der Waals surface area contributed by atoms with Crippen LogP contribution in [0.1, 0.15) is 86.0 Å². The average Bonchev–Trinajstić information content (AvgIpc) is 3.20. The van der Waals surface area contributed by atoms with Gasteiger partial charge in [-0.25, -0.2) is 9.97 Å². The average molecular weight is 506 g/mol. The SMILES string of the molecule is CC(C)C1CCC(c2nc3cc(C(C)(C)O)c(NC(=O)c4cccc(C(F)(F)F)n4)cc3s2)CC1. The molecule has 0 radical (unpaired) electrons. The van der Waals surface area contributed by atoms with E-state index in [4.69, 9.17) is 4.98 Å². The molecule has 0 saturated heterocycles. The lowest BCUT2D eigenvalue weighted by atomic mass is 9.77. The van der Waals surface area contributed by atoms with Gasteiger partial charge in [-0.1, -0.05) is 19.9 Å². The molecule has 1 saturated carbocycles. The smallest absolute Gasteiger partial charge is 0.386 e. The number of nitrogens with zero attached hydrogens (tertiary/aromatic N) is 2. The van der Waals surface area contributed by atoms with Crippen molar-refractivity contribution in [3.05, 3.63) is 52.3 Å². The van der Waals surface area contributed by atoms with Crippen LogP contribution in [0.15, 0.2) is 30.3 Å². The van der Waals surface area contributed by atoms with Gasteiger partial charge in [0.05, 0.1) is 20.8 Å². The number of amides is 1. The van der Waals surface area contributed by atoms with Gasteiger partial charge in [-0.3, -0.25) is 4.79 Å². The lowest BCUT2D eigenvalue weighted by molar-refractivity contribution is -0.141. The first-order valence-corrected chi connectivity index (χ1v) is 12.7. The van der Waals surface area contributed by atoms with Crippen LogP contribution in [0.3, 0.4) is 0 Å². The second-order valence-electron chi connectivity index (χ2n) is 10.2. The molecule has 2 heterocycles. The molecule has 0 aliphatic heterocycles. The summed E-state index contributed by atoms with van der Waals surface area (Å²) >= 11 is 1.57. The largest absolute Gasteiger partial charge is 0.433 e. The second-order valence-corrected chi connectivity index (χ2v) is 11.3. The zero-order valence-corrected chi connectivity index (χ0v) is 21.1. The number of anilines is 1. The third kappa shape index (κ3) is 5.67. The molecule has 3 aromatic rings. The summed E-state index contributed by atoms with van der Waals surface area (Å²) in [5.41, 5.74) is -1.30. The van der Waals surface area contributed by atoms with E-state index >= 15 is 0 Å². The van der Waals surface area contributed by atoms with Crippen molar-refractivity contribution in [3.63, 3.8) is 0 Å². The molecule has 1 amide bonds. The maximum atomic E-state index is 13.0. The van der Waals surface area contributed by atoms with E-state index in [2.05, 4.69) is 24.1 Å². The lowest BCUT2D eigenvalue weighted by Gasteiger charge is -2.29. The number of carbonyl (C=O) groups is 1. The first-order valence-electron chi connectivity index (χ1n) is 11.9. The molecule has 35 heavy (non-hydrogen) atoms. The fraction of sp³-hybridized carbons (Fsp3) is 0.500. The summed E-state index contributed by atoms with van der Waals surface area (Å²) < 4.78 is 40.0. The molecule has 9 heteroatoms. The van der Waals surface area contributed by atoms with Gasteiger partial charge in [0.2, 0.25) is 0 Å². The standard InChI is InChI=1S/C26H30F3N3O2S/c1-14(2)15-8-10-16(11-9-15)24-32-20-12-17(25(3,4)34)19(13-21(20)35-24)31-23(33)18-6-5-7-22(30-18)26(27,28)29/h5-7,12-16,34H,8-11H2,1-4H3,(H,31,33). The Morgan fingerprint density at radius 1 is 1.11 bits per heavy atom. The first kappa shape index (κ1) is 25.6. The monoisotopic (exact) mass is 505 g/mol. The van der Waals surface area contributed by atoms with Crippen LogP contribution in [0.2, 0.25) is 0 Å². The van der Waals surface area contributed by atoms with Gasteiger partial charge in [0.25, 0.3) is 5.91 Å². The molecule has 188 valence electrons. The van der Waals surface area contributed by atoms with Crippen molar-refractivity contribution in [2.24, 2.45) is 11.8 Å². The highest BCUT2D eigenvalue weighted by atomic mass is 32.1. The summed E-state index contributed by atoms with van der Waals surface area (Å²) in [6.07, 6.45) is -0.116. The van der Waals surface area contributed by atoms with E-state index in [1.165, 1.54) is 18.9 Å². The van der Waals surface area contributed by atoms with Gasteiger partial charge < -0.3 is 10.4 Å². The number of hydrogen-bond acceptors (Lipinski definition) is 5. The maximum absolute atomic E-state index is 13.0. The molecule has 0 unspecified atom stereocenters. The quantitative estimate of drug-likeness (QED) is 0.387. The Morgan fingerprint density at radius 2 is 1.80 bits per heavy atom. The number of aliphatic hydroxyl groups is 1. The fourth-order valence-corrected chi connectivity index (χ4v) is 5.87. The lowest BCUT2D eigenvalue weighted by Crippen LogP contribution is -2.22. The van der Waals surface area contributed by atoms with Gasteiger partial charge >= 0.3 is 6.18 Å². The molecular formula is C26H30F3N3O2S. The molecule has 0 spiro atoms. The van der Waals surface area contributed by atoms with Crippen LogP contribution in [-0.4, -0.2) is 21.0 Å². The first-order chi connectivity index (χ1) is 16.3. The minimum atomic E-state index is -4.65. The number of fused-ring (bicyclic) bond motifs is 1. The summed E-state index contributed by atoms with van der Waals surface area (Å²) in [6, 6.07) is 6.69. The van der Waals surface area contributed by atoms with Gasteiger partial charge in [0, 0.05) is 17.2 Å². The van der Waals surface area contributed by atoms with E-state index in [-0.39, 0.29) is 5.69 Å². The third-order valence-corrected chi connectivity index (χ3v) is 7.97. The van der Waals surface area contributed by atoms with Crippen LogP contribution in [0.4, 0.5) is 18.9 Å². The number of benzene rings is 1. The maximum Gasteiger partial charge on any atom is 0.433 e. The topological polar surface area (TPSA) is 75.1 Å². The van der Waals surface area contributed by atoms with Gasteiger partial charge in [0.15, 0.2) is 0 Å². The summed E-state index contributed by atoms with van der Waals surface area (Å²) in [5, 5.41) is 14.5. The van der Waals surface area contributed by atoms with E-state index in [1.807, 2.05) is 0 Å². The molecule has 4 rings (SSSR count). The molecule has 0 atom stereocenters. The summed E-state index contributed by atoms with van der Waals surface area (Å²) in [7, 11) is 0. The minimum absolute atomic E-state index is 0.327. The predicted octanol–water partition coefficient (Wildman–Crippen LogP) is 7.12. The van der Waals surface area contributed by atoms with Crippen LogP contribution in [0.5, 0.6) is 0 Å². The Labute approximate surface area is 206 Å². The number of hydrogen-bond donors (Lipinski definition) is 2. The van der Waals surface area contributed by atoms with E-state index in [0.29, 0.717) is 23.1 Å². The Balaban J connectivity index is 1.64. The Bertz CT molecular complexity index is 1220. The van der Waals surface area contributed by atoms with Crippen LogP contribution >= 0.6 is 11.3 Å². The molecule has 1 aliphatic rings. The van der Waals surface area contributed by atoms with Crippen molar-refractivity contribution in [2.45, 2.75) is 71.1 Å². The van der Waals surface area contributed by atoms with Crippen molar-refractivity contribution in [1.82, 2.24) is 9.97 Å². The summed E-state index contributed by atoms with van der Waals surface area (Å²) in [4.78, 5) is 21.1. The number of rotatable bonds is 5. The number of nitrogens with one attached hydrogen (secondary N) is 1. The zero-order chi connectivity index (χ0) is 25.5. The molecule has 5 nitrogen and oxygen atoms in total. The van der Waals surface area contributed by atoms with Gasteiger partial charge in [-0.15, -0.1) is 11.3 Å². The number of halogens is 3. The third-order valence-electron chi connectivity index (χ3n) is 6.79. The molecule has 2 N–H and O–H groups in total. The Hall–Kier alpha value is -2.52. The van der Waals surface area contributed by atoms with Crippen molar-refractivity contribution in [1.29, 1.82) is 0 Å². The number of carbonyl (C=O) groups excluding carboxylic acids is 1. The van der Waals surface area contributed by atoms with Gasteiger partial charge in [0.1, 0.15) is 11.4 Å². The molecule has 1 aromatic carbocycles. The summed E-state index contributed by atoms with van der Waals surface area (Å²) in [5.74, 6) is 1.03. The van der Waals surface area contributed by atoms with E-state index in [1.54, 1.807) is 37.3 Å². The van der Waals surface area contributed by atoms with Crippen LogP contribution < -0.4 is 5.32 Å². The summed E-state index contributed by atoms with van der Waals surface area (Å²) in [6.45, 7) is 7.72. The normalized spacial score (nSPS) is 19.3. The number of aromatic nitrogens is 2. The number of thiazole rings is 1. The predicted molar refractivity (Wildman–Crippen MR) is 132 cm³/mol. The van der Waals surface area contributed by atoms with Crippen molar-refractivity contribution in [2.75, 3.05) is 5.32 Å².